The van der Waals surface area contributed by atoms with Gasteiger partial charge in [0.1, 0.15) is 0 Å². The number of rotatable bonds is 6. The molecule has 0 fully saturated rings. The summed E-state index contributed by atoms with van der Waals surface area (Å²) in [6.07, 6.45) is 2.16. The number of guanidine groups is 1. The predicted octanol–water partition coefficient (Wildman–Crippen LogP) is 4.29. The van der Waals surface area contributed by atoms with Crippen LogP contribution in [0.2, 0.25) is 10.0 Å². The standard InChI is InChI=1S/C19H25Cl2N5O.HI/c1-13-5-6-17(16(21)9-13)24-18(27)7-8-23-19(22-2)26(4)12-15-10-14(20)11-25(15)3;/h5-6,9-11H,7-8,12H2,1-4H3,(H,22,23)(H,24,27);1H. The van der Waals surface area contributed by atoms with Crippen LogP contribution in [0.4, 0.5) is 5.69 Å². The molecule has 0 saturated carbocycles. The Bertz CT molecular complexity index is 838. The molecule has 2 rings (SSSR count). The van der Waals surface area contributed by atoms with E-state index in [1.807, 2.05) is 54.9 Å². The van der Waals surface area contributed by atoms with E-state index in [1.165, 1.54) is 0 Å². The summed E-state index contributed by atoms with van der Waals surface area (Å²) in [4.78, 5) is 18.4. The molecule has 154 valence electrons. The largest absolute Gasteiger partial charge is 0.356 e. The second-order valence-corrected chi connectivity index (χ2v) is 7.22. The minimum absolute atomic E-state index is 0. The molecule has 1 aromatic heterocycles. The number of aryl methyl sites for hydroxylation is 2. The number of benzene rings is 1. The topological polar surface area (TPSA) is 61.7 Å². The molecule has 2 aromatic rings. The van der Waals surface area contributed by atoms with Gasteiger partial charge in [-0.3, -0.25) is 9.79 Å². The van der Waals surface area contributed by atoms with E-state index in [9.17, 15) is 4.79 Å². The van der Waals surface area contributed by atoms with Gasteiger partial charge in [0.25, 0.3) is 0 Å². The van der Waals surface area contributed by atoms with E-state index in [0.29, 0.717) is 41.2 Å². The van der Waals surface area contributed by atoms with E-state index in [0.717, 1.165) is 11.3 Å². The molecule has 0 saturated heterocycles. The van der Waals surface area contributed by atoms with Gasteiger partial charge < -0.3 is 20.1 Å². The Morgan fingerprint density at radius 2 is 2.00 bits per heavy atom. The second-order valence-electron chi connectivity index (χ2n) is 6.37. The molecule has 0 aliphatic heterocycles. The Hall–Kier alpha value is -1.45. The van der Waals surface area contributed by atoms with E-state index >= 15 is 0 Å². The van der Waals surface area contributed by atoms with Gasteiger partial charge in [0.2, 0.25) is 5.91 Å². The van der Waals surface area contributed by atoms with Crippen molar-refractivity contribution in [3.63, 3.8) is 0 Å². The third-order valence-corrected chi connectivity index (χ3v) is 4.60. The smallest absolute Gasteiger partial charge is 0.226 e. The van der Waals surface area contributed by atoms with E-state index in [1.54, 1.807) is 13.1 Å². The quantitative estimate of drug-likeness (QED) is 0.328. The summed E-state index contributed by atoms with van der Waals surface area (Å²) in [6, 6.07) is 7.46. The second kappa shape index (κ2) is 11.5. The lowest BCUT2D eigenvalue weighted by Crippen LogP contribution is -2.40. The van der Waals surface area contributed by atoms with Gasteiger partial charge >= 0.3 is 0 Å². The van der Waals surface area contributed by atoms with Crippen molar-refractivity contribution in [2.45, 2.75) is 19.9 Å². The molecule has 0 unspecified atom stereocenters. The summed E-state index contributed by atoms with van der Waals surface area (Å²) < 4.78 is 1.98. The van der Waals surface area contributed by atoms with Crippen molar-refractivity contribution in [2.75, 3.05) is 26.0 Å². The summed E-state index contributed by atoms with van der Waals surface area (Å²) in [6.45, 7) is 3.06. The Kier molecular flexibility index (Phi) is 10.1. The first-order valence-corrected chi connectivity index (χ1v) is 9.34. The van der Waals surface area contributed by atoms with Crippen LogP contribution >= 0.6 is 47.2 Å². The number of anilines is 1. The fourth-order valence-corrected chi connectivity index (χ4v) is 3.20. The van der Waals surface area contributed by atoms with Crippen molar-refractivity contribution in [3.8, 4) is 0 Å². The van der Waals surface area contributed by atoms with Gasteiger partial charge in [0.05, 0.1) is 22.3 Å². The molecule has 1 amide bonds. The molecule has 0 atom stereocenters. The maximum Gasteiger partial charge on any atom is 0.226 e. The fourth-order valence-electron chi connectivity index (χ4n) is 2.65. The van der Waals surface area contributed by atoms with Crippen molar-refractivity contribution >= 4 is 64.7 Å². The number of nitrogens with zero attached hydrogens (tertiary/aromatic N) is 3. The molecule has 9 heteroatoms. The van der Waals surface area contributed by atoms with Gasteiger partial charge in [0.15, 0.2) is 5.96 Å². The Morgan fingerprint density at radius 3 is 2.57 bits per heavy atom. The summed E-state index contributed by atoms with van der Waals surface area (Å²) in [7, 11) is 5.59. The minimum atomic E-state index is -0.111. The third kappa shape index (κ3) is 7.18. The van der Waals surface area contributed by atoms with Crippen molar-refractivity contribution in [3.05, 3.63) is 51.8 Å². The molecule has 0 aliphatic rings. The normalized spacial score (nSPS) is 11.0. The Morgan fingerprint density at radius 1 is 1.29 bits per heavy atom. The summed E-state index contributed by atoms with van der Waals surface area (Å²) >= 11 is 12.2. The molecule has 0 bridgehead atoms. The van der Waals surface area contributed by atoms with Gasteiger partial charge in [-0.05, 0) is 30.7 Å². The molecule has 28 heavy (non-hydrogen) atoms. The number of hydrogen-bond acceptors (Lipinski definition) is 2. The number of carbonyl (C=O) groups is 1. The van der Waals surface area contributed by atoms with Crippen LogP contribution in [0.15, 0.2) is 35.5 Å². The van der Waals surface area contributed by atoms with Crippen LogP contribution in [-0.4, -0.2) is 42.0 Å². The van der Waals surface area contributed by atoms with Crippen molar-refractivity contribution in [1.29, 1.82) is 0 Å². The number of amides is 1. The number of aliphatic imine (C=N–C) groups is 1. The molecule has 1 aromatic carbocycles. The molecule has 1 heterocycles. The van der Waals surface area contributed by atoms with Crippen molar-refractivity contribution < 1.29 is 4.79 Å². The molecule has 6 nitrogen and oxygen atoms in total. The van der Waals surface area contributed by atoms with Crippen LogP contribution in [-0.2, 0) is 18.4 Å². The first kappa shape index (κ1) is 24.6. The lowest BCUT2D eigenvalue weighted by molar-refractivity contribution is -0.116. The first-order chi connectivity index (χ1) is 12.8. The number of hydrogen-bond donors (Lipinski definition) is 2. The van der Waals surface area contributed by atoms with Crippen molar-refractivity contribution in [2.24, 2.45) is 12.0 Å². The highest BCUT2D eigenvalue weighted by Crippen LogP contribution is 2.22. The monoisotopic (exact) mass is 537 g/mol. The highest BCUT2D eigenvalue weighted by Gasteiger charge is 2.11. The van der Waals surface area contributed by atoms with Gasteiger partial charge in [-0.1, -0.05) is 29.3 Å². The lowest BCUT2D eigenvalue weighted by atomic mass is 10.2. The zero-order chi connectivity index (χ0) is 20.0. The van der Waals surface area contributed by atoms with E-state index < -0.39 is 0 Å². The average molecular weight is 538 g/mol. The SMILES string of the molecule is CN=C(NCCC(=O)Nc1ccc(C)cc1Cl)N(C)Cc1cc(Cl)cn1C.I. The maximum atomic E-state index is 12.1. The van der Waals surface area contributed by atoms with Crippen LogP contribution < -0.4 is 10.6 Å². The number of aromatic nitrogens is 1. The van der Waals surface area contributed by atoms with Crippen molar-refractivity contribution in [1.82, 2.24) is 14.8 Å². The van der Waals surface area contributed by atoms with E-state index in [4.69, 9.17) is 23.2 Å². The zero-order valence-electron chi connectivity index (χ0n) is 16.4. The summed E-state index contributed by atoms with van der Waals surface area (Å²) in [5, 5.41) is 7.26. The van der Waals surface area contributed by atoms with Crippen LogP contribution in [0, 0.1) is 6.92 Å². The summed E-state index contributed by atoms with van der Waals surface area (Å²) in [5.74, 6) is 0.592. The number of nitrogens with one attached hydrogen (secondary N) is 2. The lowest BCUT2D eigenvalue weighted by Gasteiger charge is -2.22. The van der Waals surface area contributed by atoms with Gasteiger partial charge in [-0.15, -0.1) is 24.0 Å². The number of carbonyl (C=O) groups excluding carboxylic acids is 1. The highest BCUT2D eigenvalue weighted by atomic mass is 127. The minimum Gasteiger partial charge on any atom is -0.356 e. The average Bonchev–Trinajstić information content (AvgIpc) is 2.91. The van der Waals surface area contributed by atoms with E-state index in [2.05, 4.69) is 15.6 Å². The van der Waals surface area contributed by atoms with Crippen LogP contribution in [0.25, 0.3) is 0 Å². The zero-order valence-corrected chi connectivity index (χ0v) is 20.3. The maximum absolute atomic E-state index is 12.1. The van der Waals surface area contributed by atoms with E-state index in [-0.39, 0.29) is 29.9 Å². The molecular weight excluding hydrogens is 512 g/mol. The first-order valence-electron chi connectivity index (χ1n) is 8.58. The van der Waals surface area contributed by atoms with Gasteiger partial charge in [-0.2, -0.15) is 0 Å². The predicted molar refractivity (Wildman–Crippen MR) is 128 cm³/mol. The molecule has 0 spiro atoms. The Balaban J connectivity index is 0.00000392. The summed E-state index contributed by atoms with van der Waals surface area (Å²) in [5.41, 5.74) is 2.73. The van der Waals surface area contributed by atoms with Crippen LogP contribution in [0.5, 0.6) is 0 Å². The highest BCUT2D eigenvalue weighted by molar-refractivity contribution is 14.0. The molecule has 2 N–H and O–H groups in total. The van der Waals surface area contributed by atoms with Crippen LogP contribution in [0.3, 0.4) is 0 Å². The Labute approximate surface area is 193 Å². The number of halogens is 3. The van der Waals surface area contributed by atoms with Crippen LogP contribution in [0.1, 0.15) is 17.7 Å². The third-order valence-electron chi connectivity index (χ3n) is 4.08. The molecule has 0 radical (unpaired) electrons. The van der Waals surface area contributed by atoms with Gasteiger partial charge in [0, 0.05) is 46.0 Å². The molecular formula is C19H26Cl2IN5O. The molecule has 0 aliphatic carbocycles. The van der Waals surface area contributed by atoms with Gasteiger partial charge in [-0.25, -0.2) is 0 Å². The fraction of sp³-hybridized carbons (Fsp3) is 0.368.